The maximum absolute atomic E-state index is 13.6. The Hall–Kier alpha value is -3.55. The number of nitrogens with zero attached hydrogens (tertiary/aromatic N) is 4. The lowest BCUT2D eigenvalue weighted by Gasteiger charge is -2.37. The number of hydrogen-bond donors (Lipinski definition) is 1. The number of fused-ring (bicyclic) bond motifs is 1. The van der Waals surface area contributed by atoms with Crippen LogP contribution in [0.1, 0.15) is 23.6 Å². The van der Waals surface area contributed by atoms with Crippen LogP contribution >= 0.6 is 0 Å². The van der Waals surface area contributed by atoms with Crippen molar-refractivity contribution in [1.29, 1.82) is 0 Å². The Kier molecular flexibility index (Phi) is 4.12. The number of carbonyl (C=O) groups excluding carboxylic acids is 1. The van der Waals surface area contributed by atoms with Crippen molar-refractivity contribution < 1.29 is 13.6 Å². The molecule has 2 aromatic carbocycles. The molecule has 0 aliphatic carbocycles. The van der Waals surface area contributed by atoms with E-state index < -0.39 is 17.7 Å². The maximum Gasteiger partial charge on any atom is 0.341 e. The molecule has 0 bridgehead atoms. The quantitative estimate of drug-likeness (QED) is 0.713. The minimum absolute atomic E-state index is 0.269. The van der Waals surface area contributed by atoms with Gasteiger partial charge in [-0.2, -0.15) is 10.2 Å². The van der Waals surface area contributed by atoms with Crippen molar-refractivity contribution >= 4 is 29.2 Å². The summed E-state index contributed by atoms with van der Waals surface area (Å²) in [5, 5.41) is 13.4. The lowest BCUT2D eigenvalue weighted by atomic mass is 10.0. The van der Waals surface area contributed by atoms with E-state index in [2.05, 4.69) is 21.4 Å². The van der Waals surface area contributed by atoms with Gasteiger partial charge in [-0.25, -0.2) is 18.6 Å². The summed E-state index contributed by atoms with van der Waals surface area (Å²) in [6, 6.07) is 8.56. The second-order valence-electron chi connectivity index (χ2n) is 7.25. The fraction of sp³-hybridized carbons (Fsp3) is 0.190. The minimum Gasteiger partial charge on any atom is -0.315 e. The topological polar surface area (TPSA) is 64.6 Å². The Morgan fingerprint density at radius 2 is 1.93 bits per heavy atom. The van der Waals surface area contributed by atoms with Crippen molar-refractivity contribution in [1.82, 2.24) is 20.1 Å². The molecule has 29 heavy (non-hydrogen) atoms. The molecule has 2 aliphatic rings. The minimum atomic E-state index is -0.664. The Morgan fingerprint density at radius 1 is 1.14 bits per heavy atom. The van der Waals surface area contributed by atoms with Gasteiger partial charge in [0.1, 0.15) is 11.6 Å². The summed E-state index contributed by atoms with van der Waals surface area (Å²) in [5.74, 6) is -1.33. The number of urea groups is 1. The first-order chi connectivity index (χ1) is 14.1. The fourth-order valence-corrected chi connectivity index (χ4v) is 3.74. The zero-order chi connectivity index (χ0) is 20.0. The van der Waals surface area contributed by atoms with E-state index in [-0.39, 0.29) is 6.03 Å². The number of aromatic nitrogens is 2. The third kappa shape index (κ3) is 3.26. The van der Waals surface area contributed by atoms with Gasteiger partial charge >= 0.3 is 6.03 Å². The van der Waals surface area contributed by atoms with Crippen LogP contribution in [-0.4, -0.2) is 45.4 Å². The SMILES string of the molecule is O=C(N1CC(=Cc2ccc3cn[nH]c3c2)C1)N1N=CCC1c1cc(F)cc(F)c1. The molecular formula is C21H17F2N5O. The highest BCUT2D eigenvalue weighted by Gasteiger charge is 2.35. The summed E-state index contributed by atoms with van der Waals surface area (Å²) in [6.45, 7) is 0.992. The first-order valence-corrected chi connectivity index (χ1v) is 9.26. The number of amides is 2. The van der Waals surface area contributed by atoms with Gasteiger partial charge in [-0.3, -0.25) is 5.10 Å². The molecule has 1 atom stereocenters. The molecule has 146 valence electrons. The molecule has 1 aromatic heterocycles. The third-order valence-electron chi connectivity index (χ3n) is 5.19. The van der Waals surface area contributed by atoms with Crippen molar-refractivity contribution in [2.75, 3.05) is 13.1 Å². The summed E-state index contributed by atoms with van der Waals surface area (Å²) in [5.41, 5.74) is 3.52. The average molecular weight is 393 g/mol. The predicted octanol–water partition coefficient (Wildman–Crippen LogP) is 4.09. The maximum atomic E-state index is 13.6. The molecule has 2 aliphatic heterocycles. The van der Waals surface area contributed by atoms with Crippen molar-refractivity contribution in [2.45, 2.75) is 12.5 Å². The number of benzene rings is 2. The highest BCUT2D eigenvalue weighted by Crippen LogP contribution is 2.32. The molecule has 1 N–H and O–H groups in total. The average Bonchev–Trinajstić information content (AvgIpc) is 3.31. The molecule has 6 nitrogen and oxygen atoms in total. The van der Waals surface area contributed by atoms with Crippen molar-refractivity contribution in [3.63, 3.8) is 0 Å². The lowest BCUT2D eigenvalue weighted by Crippen LogP contribution is -2.49. The van der Waals surface area contributed by atoms with Crippen molar-refractivity contribution in [3.8, 4) is 0 Å². The molecule has 2 amide bonds. The number of H-pyrrole nitrogens is 1. The number of aromatic amines is 1. The number of likely N-dealkylation sites (tertiary alicyclic amines) is 1. The van der Waals surface area contributed by atoms with Crippen LogP contribution in [-0.2, 0) is 0 Å². The van der Waals surface area contributed by atoms with Gasteiger partial charge < -0.3 is 4.90 Å². The number of hydrazone groups is 1. The Bertz CT molecular complexity index is 1140. The summed E-state index contributed by atoms with van der Waals surface area (Å²) < 4.78 is 27.1. The highest BCUT2D eigenvalue weighted by atomic mass is 19.1. The molecule has 0 radical (unpaired) electrons. The van der Waals surface area contributed by atoms with E-state index in [1.807, 2.05) is 18.2 Å². The molecule has 1 saturated heterocycles. The van der Waals surface area contributed by atoms with Crippen LogP contribution in [0.25, 0.3) is 17.0 Å². The van der Waals surface area contributed by atoms with Crippen molar-refractivity contribution in [2.24, 2.45) is 5.10 Å². The summed E-state index contributed by atoms with van der Waals surface area (Å²) in [4.78, 5) is 14.5. The van der Waals surface area contributed by atoms with Gasteiger partial charge in [0.25, 0.3) is 0 Å². The van der Waals surface area contributed by atoms with Crippen LogP contribution in [0.3, 0.4) is 0 Å². The second-order valence-corrected chi connectivity index (χ2v) is 7.25. The van der Waals surface area contributed by atoms with E-state index in [0.29, 0.717) is 25.1 Å². The highest BCUT2D eigenvalue weighted by molar-refractivity contribution is 5.83. The molecule has 1 unspecified atom stereocenters. The Labute approximate surface area is 165 Å². The predicted molar refractivity (Wildman–Crippen MR) is 105 cm³/mol. The van der Waals surface area contributed by atoms with Crippen molar-refractivity contribution in [3.05, 3.63) is 70.9 Å². The van der Waals surface area contributed by atoms with Gasteiger partial charge in [0, 0.05) is 37.2 Å². The second kappa shape index (κ2) is 6.80. The van der Waals surface area contributed by atoms with Crippen LogP contribution in [0, 0.1) is 11.6 Å². The van der Waals surface area contributed by atoms with Crippen LogP contribution in [0.4, 0.5) is 13.6 Å². The summed E-state index contributed by atoms with van der Waals surface area (Å²) in [7, 11) is 0. The Balaban J connectivity index is 1.28. The number of nitrogens with one attached hydrogen (secondary N) is 1. The number of carbonyl (C=O) groups is 1. The molecular weight excluding hydrogens is 376 g/mol. The zero-order valence-corrected chi connectivity index (χ0v) is 15.3. The molecule has 8 heteroatoms. The number of halogens is 2. The van der Waals surface area contributed by atoms with Gasteiger partial charge in [-0.1, -0.05) is 18.2 Å². The van der Waals surface area contributed by atoms with E-state index in [9.17, 15) is 13.6 Å². The monoisotopic (exact) mass is 393 g/mol. The molecule has 3 heterocycles. The number of hydrogen-bond acceptors (Lipinski definition) is 3. The van der Waals surface area contributed by atoms with Gasteiger partial charge in [-0.15, -0.1) is 0 Å². The van der Waals surface area contributed by atoms with E-state index in [0.717, 1.165) is 28.1 Å². The molecule has 0 spiro atoms. The van der Waals surface area contributed by atoms with Crippen LogP contribution in [0.5, 0.6) is 0 Å². The fourth-order valence-electron chi connectivity index (χ4n) is 3.74. The van der Waals surface area contributed by atoms with E-state index >= 15 is 0 Å². The lowest BCUT2D eigenvalue weighted by molar-refractivity contribution is 0.136. The third-order valence-corrected chi connectivity index (χ3v) is 5.19. The first kappa shape index (κ1) is 17.5. The summed E-state index contributed by atoms with van der Waals surface area (Å²) >= 11 is 0. The van der Waals surface area contributed by atoms with Crippen LogP contribution in [0.15, 0.2) is 53.3 Å². The van der Waals surface area contributed by atoms with Gasteiger partial charge in [0.05, 0.1) is 17.8 Å². The molecule has 3 aromatic rings. The van der Waals surface area contributed by atoms with E-state index in [1.54, 1.807) is 17.3 Å². The zero-order valence-electron chi connectivity index (χ0n) is 15.3. The largest absolute Gasteiger partial charge is 0.341 e. The van der Waals surface area contributed by atoms with Crippen LogP contribution in [0.2, 0.25) is 0 Å². The smallest absolute Gasteiger partial charge is 0.315 e. The van der Waals surface area contributed by atoms with Crippen LogP contribution < -0.4 is 0 Å². The first-order valence-electron chi connectivity index (χ1n) is 9.26. The normalized spacial score (nSPS) is 18.4. The van der Waals surface area contributed by atoms with Gasteiger partial charge in [0.15, 0.2) is 0 Å². The standard InChI is InChI=1S/C21H17F2N5O/c22-17-7-16(8-18(23)9-17)20-3-4-25-28(20)21(29)27-11-14(12-27)5-13-1-2-15-10-24-26-19(15)6-13/h1-2,4-10,20H,3,11-12H2,(H,24,26). The molecule has 1 fully saturated rings. The van der Waals surface area contributed by atoms with E-state index in [4.69, 9.17) is 0 Å². The molecule has 5 rings (SSSR count). The number of rotatable bonds is 2. The van der Waals surface area contributed by atoms with E-state index in [1.165, 1.54) is 17.1 Å². The van der Waals surface area contributed by atoms with Gasteiger partial charge in [0.2, 0.25) is 0 Å². The van der Waals surface area contributed by atoms with Gasteiger partial charge in [-0.05, 0) is 34.9 Å². The Morgan fingerprint density at radius 3 is 2.72 bits per heavy atom. The summed E-state index contributed by atoms with van der Waals surface area (Å²) in [6.07, 6.45) is 5.85. The molecule has 0 saturated carbocycles.